The van der Waals surface area contributed by atoms with Crippen LogP contribution in [0.5, 0.6) is 0 Å². The molecule has 0 aromatic heterocycles. The highest BCUT2D eigenvalue weighted by molar-refractivity contribution is 6.32. The van der Waals surface area contributed by atoms with E-state index in [2.05, 4.69) is 4.90 Å². The number of benzene rings is 2. The van der Waals surface area contributed by atoms with Crippen LogP contribution in [0.3, 0.4) is 0 Å². The molecule has 2 heterocycles. The van der Waals surface area contributed by atoms with Crippen molar-refractivity contribution >= 4 is 23.4 Å². The topological polar surface area (TPSA) is 84.7 Å². The second-order valence-corrected chi connectivity index (χ2v) is 10.4. The van der Waals surface area contributed by atoms with Crippen LogP contribution in [0.25, 0.3) is 0 Å². The lowest BCUT2D eigenvalue weighted by molar-refractivity contribution is -0.138. The summed E-state index contributed by atoms with van der Waals surface area (Å²) in [4.78, 5) is 42.8. The maximum atomic E-state index is 13.4. The first-order valence-corrected chi connectivity index (χ1v) is 13.6. The number of nitriles is 1. The molecule has 43 heavy (non-hydrogen) atoms. The number of carbonyl (C=O) groups is 3. The van der Waals surface area contributed by atoms with Gasteiger partial charge in [-0.25, -0.2) is 4.90 Å². The van der Waals surface area contributed by atoms with Gasteiger partial charge in [-0.2, -0.15) is 31.6 Å². The Morgan fingerprint density at radius 2 is 1.51 bits per heavy atom. The van der Waals surface area contributed by atoms with Crippen LogP contribution in [-0.4, -0.2) is 60.2 Å². The third kappa shape index (κ3) is 6.91. The molecule has 0 spiro atoms. The van der Waals surface area contributed by atoms with Gasteiger partial charge in [0.1, 0.15) is 0 Å². The highest BCUT2D eigenvalue weighted by Gasteiger charge is 2.40. The standard InChI is InChI=1S/C30H28F6N4O3/c1-19-22(28(43)40(26(19)41)21-11-10-20(18-37)25(17-21)30(34,35)36)7-3-2-6-12-38-13-15-39(16-14-38)27(42)23-8-4-5-9-24(23)29(31,32)33/h4-5,8-11,17H,2-3,6-7,12-16H2,1H3. The Kier molecular flexibility index (Phi) is 9.29. The quantitative estimate of drug-likeness (QED) is 0.215. The number of hydrogen-bond acceptors (Lipinski definition) is 5. The highest BCUT2D eigenvalue weighted by atomic mass is 19.4. The van der Waals surface area contributed by atoms with Crippen LogP contribution in [0.1, 0.15) is 59.7 Å². The second kappa shape index (κ2) is 12.6. The molecule has 2 aromatic carbocycles. The second-order valence-electron chi connectivity index (χ2n) is 10.4. The lowest BCUT2D eigenvalue weighted by Crippen LogP contribution is -2.49. The van der Waals surface area contributed by atoms with Gasteiger partial charge in [0.2, 0.25) is 0 Å². The summed E-state index contributed by atoms with van der Waals surface area (Å²) in [5.41, 5.74) is -3.02. The summed E-state index contributed by atoms with van der Waals surface area (Å²) in [6.45, 7) is 3.69. The van der Waals surface area contributed by atoms with Gasteiger partial charge < -0.3 is 4.90 Å². The van der Waals surface area contributed by atoms with Gasteiger partial charge in [-0.05, 0) is 63.1 Å². The van der Waals surface area contributed by atoms with Crippen molar-refractivity contribution in [2.45, 2.75) is 45.0 Å². The molecule has 7 nitrogen and oxygen atoms in total. The summed E-state index contributed by atoms with van der Waals surface area (Å²) in [5.74, 6) is -2.05. The van der Waals surface area contributed by atoms with E-state index in [1.54, 1.807) is 0 Å². The number of piperazine rings is 1. The molecule has 0 saturated carbocycles. The fourth-order valence-electron chi connectivity index (χ4n) is 5.29. The van der Waals surface area contributed by atoms with Crippen LogP contribution in [0.15, 0.2) is 53.6 Å². The van der Waals surface area contributed by atoms with E-state index >= 15 is 0 Å². The predicted molar refractivity (Wildman–Crippen MR) is 144 cm³/mol. The number of halogens is 6. The van der Waals surface area contributed by atoms with Gasteiger partial charge in [-0.15, -0.1) is 0 Å². The van der Waals surface area contributed by atoms with Gasteiger partial charge in [0.15, 0.2) is 0 Å². The lowest BCUT2D eigenvalue weighted by Gasteiger charge is -2.35. The summed E-state index contributed by atoms with van der Waals surface area (Å²) in [6.07, 6.45) is -7.24. The minimum Gasteiger partial charge on any atom is -0.336 e. The fraction of sp³-hybridized carbons (Fsp3) is 0.400. The maximum Gasteiger partial charge on any atom is 0.417 e. The van der Waals surface area contributed by atoms with E-state index in [0.29, 0.717) is 43.4 Å². The molecule has 13 heteroatoms. The molecule has 2 aromatic rings. The summed E-state index contributed by atoms with van der Waals surface area (Å²) in [5, 5.41) is 9.00. The number of amides is 3. The van der Waals surface area contributed by atoms with E-state index in [9.17, 15) is 40.7 Å². The number of imide groups is 1. The van der Waals surface area contributed by atoms with Crippen LogP contribution in [0.4, 0.5) is 32.0 Å². The molecular formula is C30H28F6N4O3. The summed E-state index contributed by atoms with van der Waals surface area (Å²) in [7, 11) is 0. The monoisotopic (exact) mass is 606 g/mol. The van der Waals surface area contributed by atoms with Crippen molar-refractivity contribution in [1.29, 1.82) is 5.26 Å². The van der Waals surface area contributed by atoms with Gasteiger partial charge >= 0.3 is 12.4 Å². The SMILES string of the molecule is CC1=C(CCCCCN2CCN(C(=O)c3ccccc3C(F)(F)F)CC2)C(=O)N(c2ccc(C#N)c(C(F)(F)F)c2)C1=O. The molecule has 0 bridgehead atoms. The van der Waals surface area contributed by atoms with Crippen molar-refractivity contribution in [3.63, 3.8) is 0 Å². The number of carbonyl (C=O) groups excluding carboxylic acids is 3. The normalized spacial score (nSPS) is 16.7. The van der Waals surface area contributed by atoms with E-state index in [1.165, 1.54) is 36.1 Å². The Morgan fingerprint density at radius 3 is 2.14 bits per heavy atom. The van der Waals surface area contributed by atoms with Gasteiger partial charge in [0.05, 0.1) is 34.0 Å². The third-order valence-corrected chi connectivity index (χ3v) is 7.65. The Balaban J connectivity index is 1.25. The first kappa shape index (κ1) is 31.7. The number of nitrogens with zero attached hydrogens (tertiary/aromatic N) is 4. The molecule has 3 amide bonds. The van der Waals surface area contributed by atoms with E-state index in [-0.39, 0.29) is 41.9 Å². The molecule has 0 radical (unpaired) electrons. The molecule has 0 N–H and O–H groups in total. The van der Waals surface area contributed by atoms with Gasteiger partial charge in [-0.3, -0.25) is 19.3 Å². The number of hydrogen-bond donors (Lipinski definition) is 0. The molecule has 228 valence electrons. The fourth-order valence-corrected chi connectivity index (χ4v) is 5.29. The molecule has 2 aliphatic rings. The summed E-state index contributed by atoms with van der Waals surface area (Å²) >= 11 is 0. The van der Waals surface area contributed by atoms with E-state index in [4.69, 9.17) is 5.26 Å². The minimum atomic E-state index is -4.83. The Bertz CT molecular complexity index is 1480. The Hall–Kier alpha value is -4.18. The molecule has 1 saturated heterocycles. The van der Waals surface area contributed by atoms with Crippen molar-refractivity contribution in [2.24, 2.45) is 0 Å². The van der Waals surface area contributed by atoms with Crippen molar-refractivity contribution in [3.05, 3.63) is 75.9 Å². The Morgan fingerprint density at radius 1 is 0.860 bits per heavy atom. The van der Waals surface area contributed by atoms with E-state index in [0.717, 1.165) is 24.6 Å². The van der Waals surface area contributed by atoms with Crippen LogP contribution < -0.4 is 4.90 Å². The number of alkyl halides is 6. The maximum absolute atomic E-state index is 13.4. The summed E-state index contributed by atoms with van der Waals surface area (Å²) in [6, 6.07) is 8.90. The van der Waals surface area contributed by atoms with Crippen molar-refractivity contribution in [3.8, 4) is 6.07 Å². The molecule has 0 atom stereocenters. The largest absolute Gasteiger partial charge is 0.417 e. The van der Waals surface area contributed by atoms with Crippen LogP contribution >= 0.6 is 0 Å². The molecule has 4 rings (SSSR count). The Labute approximate surface area is 244 Å². The summed E-state index contributed by atoms with van der Waals surface area (Å²) < 4.78 is 80.1. The first-order chi connectivity index (χ1) is 20.2. The number of rotatable bonds is 8. The third-order valence-electron chi connectivity index (χ3n) is 7.65. The van der Waals surface area contributed by atoms with Crippen molar-refractivity contribution < 1.29 is 40.7 Å². The number of unbranched alkanes of at least 4 members (excludes halogenated alkanes) is 2. The van der Waals surface area contributed by atoms with Crippen LogP contribution in [-0.2, 0) is 21.9 Å². The zero-order chi connectivity index (χ0) is 31.5. The smallest absolute Gasteiger partial charge is 0.336 e. The molecule has 1 fully saturated rings. The molecule has 2 aliphatic heterocycles. The van der Waals surface area contributed by atoms with Gasteiger partial charge in [-0.1, -0.05) is 18.6 Å². The van der Waals surface area contributed by atoms with Gasteiger partial charge in [0, 0.05) is 37.3 Å². The number of anilines is 1. The first-order valence-electron chi connectivity index (χ1n) is 13.6. The average Bonchev–Trinajstić information content (AvgIpc) is 3.18. The van der Waals surface area contributed by atoms with Gasteiger partial charge in [0.25, 0.3) is 17.7 Å². The molecular weight excluding hydrogens is 578 g/mol. The predicted octanol–water partition coefficient (Wildman–Crippen LogP) is 5.80. The minimum absolute atomic E-state index is 0.163. The molecule has 0 unspecified atom stereocenters. The van der Waals surface area contributed by atoms with Crippen molar-refractivity contribution in [1.82, 2.24) is 9.80 Å². The van der Waals surface area contributed by atoms with E-state index < -0.39 is 46.8 Å². The van der Waals surface area contributed by atoms with E-state index in [1.807, 2.05) is 0 Å². The highest BCUT2D eigenvalue weighted by Crippen LogP contribution is 2.37. The van der Waals surface area contributed by atoms with Crippen LogP contribution in [0, 0.1) is 11.3 Å². The average molecular weight is 607 g/mol. The lowest BCUT2D eigenvalue weighted by atomic mass is 10.0. The van der Waals surface area contributed by atoms with Crippen molar-refractivity contribution in [2.75, 3.05) is 37.6 Å². The zero-order valence-electron chi connectivity index (χ0n) is 23.2. The van der Waals surface area contributed by atoms with Crippen LogP contribution in [0.2, 0.25) is 0 Å². The molecule has 0 aliphatic carbocycles. The zero-order valence-corrected chi connectivity index (χ0v) is 23.2.